The Morgan fingerprint density at radius 3 is 2.74 bits per heavy atom. The first-order valence-electron chi connectivity index (χ1n) is 10.6. The van der Waals surface area contributed by atoms with E-state index >= 15 is 0 Å². The number of aliphatic hydroxyl groups is 1. The van der Waals surface area contributed by atoms with Crippen LogP contribution >= 0.6 is 11.3 Å². The fourth-order valence-electron chi connectivity index (χ4n) is 4.89. The fraction of sp³-hybridized carbons (Fsp3) is 0.714. The van der Waals surface area contributed by atoms with Gasteiger partial charge in [0.25, 0.3) is 0 Å². The van der Waals surface area contributed by atoms with Gasteiger partial charge in [0.15, 0.2) is 0 Å². The quantitative estimate of drug-likeness (QED) is 0.876. The SMILES string of the molecule is CC1CCN(Cc2nc(N3CCC[C@@H](O)C3)c3c4c(sc3n2)CCC4)CC1. The van der Waals surface area contributed by atoms with E-state index in [0.29, 0.717) is 6.54 Å². The van der Waals surface area contributed by atoms with E-state index in [4.69, 9.17) is 9.97 Å². The minimum atomic E-state index is -0.234. The predicted octanol–water partition coefficient (Wildman–Crippen LogP) is 3.37. The molecule has 2 aliphatic heterocycles. The molecule has 2 aromatic heterocycles. The summed E-state index contributed by atoms with van der Waals surface area (Å²) >= 11 is 1.88. The molecular formula is C21H30N4OS. The molecule has 0 unspecified atom stereocenters. The third-order valence-corrected chi connectivity index (χ3v) is 7.71. The second-order valence-corrected chi connectivity index (χ2v) is 9.79. The van der Waals surface area contributed by atoms with Crippen molar-refractivity contribution in [3.63, 3.8) is 0 Å². The first kappa shape index (κ1) is 17.8. The van der Waals surface area contributed by atoms with Gasteiger partial charge in [-0.25, -0.2) is 9.97 Å². The number of likely N-dealkylation sites (tertiary alicyclic amines) is 1. The number of rotatable bonds is 3. The molecule has 27 heavy (non-hydrogen) atoms. The molecule has 0 saturated carbocycles. The van der Waals surface area contributed by atoms with E-state index in [2.05, 4.69) is 16.7 Å². The Labute approximate surface area is 165 Å². The first-order valence-corrected chi connectivity index (χ1v) is 11.5. The van der Waals surface area contributed by atoms with Crippen LogP contribution in [0.25, 0.3) is 10.2 Å². The first-order chi connectivity index (χ1) is 13.2. The lowest BCUT2D eigenvalue weighted by molar-refractivity contribution is 0.154. The largest absolute Gasteiger partial charge is 0.391 e. The summed E-state index contributed by atoms with van der Waals surface area (Å²) in [6.07, 6.45) is 7.88. The normalized spacial score (nSPS) is 24.7. The highest BCUT2D eigenvalue weighted by atomic mass is 32.1. The highest BCUT2D eigenvalue weighted by Crippen LogP contribution is 2.41. The summed E-state index contributed by atoms with van der Waals surface area (Å²) in [6.45, 7) is 7.22. The topological polar surface area (TPSA) is 52.5 Å². The summed E-state index contributed by atoms with van der Waals surface area (Å²) in [6, 6.07) is 0. The standard InChI is InChI=1S/C21H30N4OS/c1-14-7-10-24(11-8-14)13-18-22-20(25-9-3-4-15(26)12-25)19-16-5-2-6-17(16)27-21(19)23-18/h14-15,26H,2-13H2,1H3/t15-/m1/s1. The molecule has 3 aliphatic rings. The number of piperidine rings is 2. The lowest BCUT2D eigenvalue weighted by Crippen LogP contribution is -2.39. The Balaban J connectivity index is 1.51. The van der Waals surface area contributed by atoms with Crippen molar-refractivity contribution in [1.29, 1.82) is 0 Å². The van der Waals surface area contributed by atoms with Gasteiger partial charge in [0.2, 0.25) is 0 Å². The van der Waals surface area contributed by atoms with Gasteiger partial charge in [-0.2, -0.15) is 0 Å². The van der Waals surface area contributed by atoms with E-state index < -0.39 is 0 Å². The second kappa shape index (κ2) is 7.30. The van der Waals surface area contributed by atoms with E-state index in [9.17, 15) is 5.11 Å². The molecule has 2 fully saturated rings. The number of fused-ring (bicyclic) bond motifs is 3. The molecule has 2 aromatic rings. The van der Waals surface area contributed by atoms with Crippen LogP contribution < -0.4 is 4.90 Å². The van der Waals surface area contributed by atoms with Gasteiger partial charge in [0, 0.05) is 18.0 Å². The van der Waals surface area contributed by atoms with Crippen LogP contribution in [0.3, 0.4) is 0 Å². The summed E-state index contributed by atoms with van der Waals surface area (Å²) < 4.78 is 0. The van der Waals surface area contributed by atoms with E-state index in [-0.39, 0.29) is 6.10 Å². The maximum atomic E-state index is 10.2. The molecule has 4 heterocycles. The van der Waals surface area contributed by atoms with Gasteiger partial charge >= 0.3 is 0 Å². The Kier molecular flexibility index (Phi) is 4.82. The van der Waals surface area contributed by atoms with Crippen LogP contribution in [0, 0.1) is 5.92 Å². The van der Waals surface area contributed by atoms with Crippen LogP contribution in [0.1, 0.15) is 55.3 Å². The molecule has 146 valence electrons. The third-order valence-electron chi connectivity index (χ3n) is 6.53. The van der Waals surface area contributed by atoms with Crippen LogP contribution in [-0.2, 0) is 19.4 Å². The second-order valence-electron chi connectivity index (χ2n) is 8.70. The highest BCUT2D eigenvalue weighted by molar-refractivity contribution is 7.19. The minimum Gasteiger partial charge on any atom is -0.391 e. The van der Waals surface area contributed by atoms with Gasteiger partial charge in [-0.1, -0.05) is 6.92 Å². The van der Waals surface area contributed by atoms with Crippen molar-refractivity contribution in [3.8, 4) is 0 Å². The van der Waals surface area contributed by atoms with Crippen molar-refractivity contribution in [2.45, 2.75) is 64.5 Å². The van der Waals surface area contributed by atoms with Crippen molar-refractivity contribution in [2.24, 2.45) is 5.92 Å². The van der Waals surface area contributed by atoms with E-state index in [1.807, 2.05) is 11.3 Å². The molecule has 1 atom stereocenters. The number of aryl methyl sites for hydroxylation is 2. The molecule has 0 bridgehead atoms. The molecule has 6 heteroatoms. The molecule has 0 radical (unpaired) electrons. The fourth-order valence-corrected chi connectivity index (χ4v) is 6.16. The number of hydrogen-bond acceptors (Lipinski definition) is 6. The zero-order valence-corrected chi connectivity index (χ0v) is 17.1. The van der Waals surface area contributed by atoms with Crippen molar-refractivity contribution in [2.75, 3.05) is 31.1 Å². The van der Waals surface area contributed by atoms with E-state index in [1.165, 1.54) is 46.3 Å². The molecule has 0 spiro atoms. The lowest BCUT2D eigenvalue weighted by atomic mass is 9.99. The number of aliphatic hydroxyl groups excluding tert-OH is 1. The summed E-state index contributed by atoms with van der Waals surface area (Å²) in [7, 11) is 0. The maximum absolute atomic E-state index is 10.2. The minimum absolute atomic E-state index is 0.234. The number of anilines is 1. The average molecular weight is 387 g/mol. The monoisotopic (exact) mass is 386 g/mol. The summed E-state index contributed by atoms with van der Waals surface area (Å²) in [5.74, 6) is 2.90. The Bertz CT molecular complexity index is 827. The van der Waals surface area contributed by atoms with Crippen molar-refractivity contribution >= 4 is 27.4 Å². The van der Waals surface area contributed by atoms with Gasteiger partial charge in [-0.15, -0.1) is 11.3 Å². The zero-order valence-electron chi connectivity index (χ0n) is 16.3. The Hall–Kier alpha value is -1.24. The molecule has 1 N–H and O–H groups in total. The van der Waals surface area contributed by atoms with E-state index in [0.717, 1.165) is 63.0 Å². The molecule has 1 aliphatic carbocycles. The maximum Gasteiger partial charge on any atom is 0.146 e. The van der Waals surface area contributed by atoms with Gasteiger partial charge in [0.05, 0.1) is 18.0 Å². The van der Waals surface area contributed by atoms with Crippen molar-refractivity contribution in [3.05, 3.63) is 16.3 Å². The van der Waals surface area contributed by atoms with Crippen molar-refractivity contribution in [1.82, 2.24) is 14.9 Å². The Morgan fingerprint density at radius 1 is 1.07 bits per heavy atom. The molecule has 0 amide bonds. The average Bonchev–Trinajstić information content (AvgIpc) is 3.24. The van der Waals surface area contributed by atoms with Gasteiger partial charge in [0.1, 0.15) is 16.5 Å². The van der Waals surface area contributed by atoms with E-state index in [1.54, 1.807) is 0 Å². The number of thiophene rings is 1. The molecule has 5 nitrogen and oxygen atoms in total. The summed E-state index contributed by atoms with van der Waals surface area (Å²) in [4.78, 5) is 17.6. The molecular weight excluding hydrogens is 356 g/mol. The summed E-state index contributed by atoms with van der Waals surface area (Å²) in [5, 5.41) is 11.5. The van der Waals surface area contributed by atoms with Gasteiger partial charge in [-0.05, 0) is 69.5 Å². The third kappa shape index (κ3) is 3.47. The molecule has 0 aromatic carbocycles. The van der Waals surface area contributed by atoms with Crippen LogP contribution in [0.4, 0.5) is 5.82 Å². The van der Waals surface area contributed by atoms with Crippen molar-refractivity contribution < 1.29 is 5.11 Å². The highest BCUT2D eigenvalue weighted by Gasteiger charge is 2.28. The lowest BCUT2D eigenvalue weighted by Gasteiger charge is -2.32. The van der Waals surface area contributed by atoms with Gasteiger partial charge < -0.3 is 10.0 Å². The van der Waals surface area contributed by atoms with Crippen LogP contribution in [0.5, 0.6) is 0 Å². The number of hydrogen-bond donors (Lipinski definition) is 1. The van der Waals surface area contributed by atoms with Crippen LogP contribution in [-0.4, -0.2) is 52.3 Å². The molecule has 5 rings (SSSR count). The zero-order chi connectivity index (χ0) is 18.4. The number of aromatic nitrogens is 2. The summed E-state index contributed by atoms with van der Waals surface area (Å²) in [5.41, 5.74) is 1.49. The molecule has 2 saturated heterocycles. The Morgan fingerprint density at radius 2 is 1.93 bits per heavy atom. The van der Waals surface area contributed by atoms with Crippen LogP contribution in [0.15, 0.2) is 0 Å². The number of β-amino-alcohol motifs (C(OH)–C–C–N with tert-alkyl or cyclic N) is 1. The van der Waals surface area contributed by atoms with Gasteiger partial charge in [-0.3, -0.25) is 4.90 Å². The van der Waals surface area contributed by atoms with Crippen LogP contribution in [0.2, 0.25) is 0 Å². The smallest absolute Gasteiger partial charge is 0.146 e. The predicted molar refractivity (Wildman–Crippen MR) is 111 cm³/mol. The number of nitrogens with zero attached hydrogens (tertiary/aromatic N) is 4.